The largest absolute Gasteiger partial charge is 0.494 e. The Hall–Kier alpha value is -1.86. The normalized spacial score (nSPS) is 15.2. The lowest BCUT2D eigenvalue weighted by Gasteiger charge is -2.14. The molecule has 0 atom stereocenters. The molecule has 1 aromatic rings. The molecule has 0 aliphatic carbocycles. The van der Waals surface area contributed by atoms with Crippen LogP contribution in [0, 0.1) is 0 Å². The van der Waals surface area contributed by atoms with Gasteiger partial charge in [-0.05, 0) is 43.0 Å². The predicted octanol–water partition coefficient (Wildman–Crippen LogP) is 5.88. The number of nitrogens with zero attached hydrogens (tertiary/aromatic N) is 1. The van der Waals surface area contributed by atoms with E-state index in [1.165, 1.54) is 11.8 Å². The van der Waals surface area contributed by atoms with Gasteiger partial charge in [0.2, 0.25) is 0 Å². The fraction of sp³-hybridized carbons (Fsp3) is 0.522. The van der Waals surface area contributed by atoms with Crippen LogP contribution in [0.5, 0.6) is 5.75 Å². The molecule has 1 fully saturated rings. The highest BCUT2D eigenvalue weighted by molar-refractivity contribution is 8.26. The van der Waals surface area contributed by atoms with Crippen LogP contribution in [0.2, 0.25) is 0 Å². The topological polar surface area (TPSA) is 66.8 Å². The summed E-state index contributed by atoms with van der Waals surface area (Å²) in [5.41, 5.74) is 0.960. The lowest BCUT2D eigenvalue weighted by molar-refractivity contribution is -0.137. The second-order valence-corrected chi connectivity index (χ2v) is 9.05. The highest BCUT2D eigenvalue weighted by atomic mass is 32.2. The van der Waals surface area contributed by atoms with Crippen molar-refractivity contribution in [3.05, 3.63) is 34.7 Å². The van der Waals surface area contributed by atoms with E-state index in [2.05, 4.69) is 6.92 Å². The van der Waals surface area contributed by atoms with E-state index in [-0.39, 0.29) is 12.3 Å². The fourth-order valence-corrected chi connectivity index (χ4v) is 4.46. The molecule has 0 aromatic heterocycles. The summed E-state index contributed by atoms with van der Waals surface area (Å²) in [5.74, 6) is 0.110. The number of carbonyl (C=O) groups is 2. The van der Waals surface area contributed by atoms with Crippen LogP contribution in [-0.2, 0) is 9.59 Å². The molecule has 164 valence electrons. The number of aliphatic carboxylic acids is 1. The number of hydrogen-bond donors (Lipinski definition) is 1. The molecule has 0 bridgehead atoms. The number of carboxylic acids is 1. The maximum atomic E-state index is 12.7. The monoisotopic (exact) mass is 449 g/mol. The van der Waals surface area contributed by atoms with Crippen LogP contribution in [0.25, 0.3) is 6.08 Å². The number of hydrogen-bond acceptors (Lipinski definition) is 5. The Morgan fingerprint density at radius 2 is 1.73 bits per heavy atom. The third-order valence-corrected chi connectivity index (χ3v) is 6.17. The first-order valence-corrected chi connectivity index (χ1v) is 11.9. The highest BCUT2D eigenvalue weighted by Crippen LogP contribution is 2.33. The standard InChI is InChI=1S/C23H31NO4S2/c1-2-16-28-19-13-11-18(12-14-19)17-20-22(27)24(23(29)30-20)15-9-7-5-3-4-6-8-10-21(25)26/h11-14,17H,2-10,15-16H2,1H3,(H,25,26)/b20-17-. The first kappa shape index (κ1) is 24.4. The maximum absolute atomic E-state index is 12.7. The van der Waals surface area contributed by atoms with Gasteiger partial charge in [-0.1, -0.05) is 75.1 Å². The molecule has 0 unspecified atom stereocenters. The fourth-order valence-electron chi connectivity index (χ4n) is 3.15. The second-order valence-electron chi connectivity index (χ2n) is 7.37. The summed E-state index contributed by atoms with van der Waals surface area (Å²) in [6.07, 6.45) is 10.1. The van der Waals surface area contributed by atoms with E-state index in [4.69, 9.17) is 22.1 Å². The minimum atomic E-state index is -0.717. The summed E-state index contributed by atoms with van der Waals surface area (Å²) in [6.45, 7) is 3.43. The van der Waals surface area contributed by atoms with Gasteiger partial charge in [0.15, 0.2) is 0 Å². The van der Waals surface area contributed by atoms with Crippen LogP contribution in [-0.4, -0.2) is 39.4 Å². The van der Waals surface area contributed by atoms with Crippen molar-refractivity contribution in [1.29, 1.82) is 0 Å². The number of rotatable bonds is 14. The number of ether oxygens (including phenoxy) is 1. The Balaban J connectivity index is 1.71. The molecule has 0 radical (unpaired) electrons. The van der Waals surface area contributed by atoms with Gasteiger partial charge in [0, 0.05) is 13.0 Å². The zero-order valence-electron chi connectivity index (χ0n) is 17.6. The summed E-state index contributed by atoms with van der Waals surface area (Å²) < 4.78 is 6.22. The zero-order valence-corrected chi connectivity index (χ0v) is 19.2. The van der Waals surface area contributed by atoms with E-state index in [0.29, 0.717) is 22.4 Å². The Morgan fingerprint density at radius 3 is 2.37 bits per heavy atom. The maximum Gasteiger partial charge on any atom is 0.303 e. The van der Waals surface area contributed by atoms with E-state index in [1.807, 2.05) is 30.3 Å². The van der Waals surface area contributed by atoms with E-state index >= 15 is 0 Å². The van der Waals surface area contributed by atoms with Crippen molar-refractivity contribution in [2.45, 2.75) is 64.7 Å². The minimum absolute atomic E-state index is 0.00928. The van der Waals surface area contributed by atoms with Crippen molar-refractivity contribution in [2.24, 2.45) is 0 Å². The van der Waals surface area contributed by atoms with Crippen LogP contribution in [0.15, 0.2) is 29.2 Å². The van der Waals surface area contributed by atoms with Crippen LogP contribution < -0.4 is 4.74 Å². The van der Waals surface area contributed by atoms with Crippen LogP contribution in [0.3, 0.4) is 0 Å². The zero-order chi connectivity index (χ0) is 21.8. The molecule has 1 N–H and O–H groups in total. The Labute approximate surface area is 188 Å². The van der Waals surface area contributed by atoms with Gasteiger partial charge >= 0.3 is 5.97 Å². The van der Waals surface area contributed by atoms with Crippen LogP contribution in [0.4, 0.5) is 0 Å². The molecular formula is C23H31NO4S2. The second kappa shape index (κ2) is 13.4. The lowest BCUT2D eigenvalue weighted by atomic mass is 10.1. The van der Waals surface area contributed by atoms with Crippen LogP contribution >= 0.6 is 24.0 Å². The number of unbranched alkanes of at least 4 members (excludes halogenated alkanes) is 6. The lowest BCUT2D eigenvalue weighted by Crippen LogP contribution is -2.29. The van der Waals surface area contributed by atoms with Crippen molar-refractivity contribution in [2.75, 3.05) is 13.2 Å². The van der Waals surface area contributed by atoms with Crippen molar-refractivity contribution < 1.29 is 19.4 Å². The molecule has 1 aliphatic rings. The Morgan fingerprint density at radius 1 is 1.10 bits per heavy atom. The number of thioether (sulfide) groups is 1. The molecule has 2 rings (SSSR count). The van der Waals surface area contributed by atoms with E-state index in [9.17, 15) is 9.59 Å². The highest BCUT2D eigenvalue weighted by Gasteiger charge is 2.31. The quantitative estimate of drug-likeness (QED) is 0.217. The smallest absolute Gasteiger partial charge is 0.303 e. The van der Waals surface area contributed by atoms with Gasteiger partial charge in [-0.25, -0.2) is 0 Å². The van der Waals surface area contributed by atoms with Gasteiger partial charge < -0.3 is 9.84 Å². The first-order valence-electron chi connectivity index (χ1n) is 10.7. The SMILES string of the molecule is CCCOc1ccc(/C=C2\SC(=S)N(CCCCCCCCCC(=O)O)C2=O)cc1. The molecule has 1 aromatic carbocycles. The molecule has 5 nitrogen and oxygen atoms in total. The molecule has 30 heavy (non-hydrogen) atoms. The van der Waals surface area contributed by atoms with Gasteiger partial charge in [0.05, 0.1) is 11.5 Å². The molecule has 0 spiro atoms. The first-order chi connectivity index (χ1) is 14.5. The van der Waals surface area contributed by atoms with Crippen LogP contribution in [0.1, 0.15) is 70.3 Å². The number of carboxylic acid groups (broad SMARTS) is 1. The summed E-state index contributed by atoms with van der Waals surface area (Å²) in [5, 5.41) is 8.62. The van der Waals surface area contributed by atoms with Crippen molar-refractivity contribution in [3.8, 4) is 5.75 Å². The molecule has 1 amide bonds. The molecular weight excluding hydrogens is 418 g/mol. The predicted molar refractivity (Wildman–Crippen MR) is 127 cm³/mol. The number of amides is 1. The molecule has 7 heteroatoms. The Kier molecular flexibility index (Phi) is 10.9. The third kappa shape index (κ3) is 8.48. The van der Waals surface area contributed by atoms with E-state index < -0.39 is 5.97 Å². The summed E-state index contributed by atoms with van der Waals surface area (Å²) >= 11 is 6.77. The van der Waals surface area contributed by atoms with Gasteiger partial charge in [-0.15, -0.1) is 0 Å². The molecule has 1 saturated heterocycles. The summed E-state index contributed by atoms with van der Waals surface area (Å²) in [7, 11) is 0. The van der Waals surface area contributed by atoms with Gasteiger partial charge in [0.1, 0.15) is 10.1 Å². The minimum Gasteiger partial charge on any atom is -0.494 e. The van der Waals surface area contributed by atoms with Gasteiger partial charge in [-0.3, -0.25) is 14.5 Å². The molecule has 1 aliphatic heterocycles. The number of benzene rings is 1. The summed E-state index contributed by atoms with van der Waals surface area (Å²) in [6, 6.07) is 7.75. The average molecular weight is 450 g/mol. The average Bonchev–Trinajstić information content (AvgIpc) is 2.99. The number of thiocarbonyl (C=S) groups is 1. The van der Waals surface area contributed by atoms with E-state index in [0.717, 1.165) is 62.7 Å². The molecule has 0 saturated carbocycles. The number of carbonyl (C=O) groups excluding carboxylic acids is 1. The van der Waals surface area contributed by atoms with Crippen molar-refractivity contribution in [3.63, 3.8) is 0 Å². The summed E-state index contributed by atoms with van der Waals surface area (Å²) in [4.78, 5) is 25.5. The van der Waals surface area contributed by atoms with Gasteiger partial charge in [-0.2, -0.15) is 0 Å². The van der Waals surface area contributed by atoms with Crippen molar-refractivity contribution in [1.82, 2.24) is 4.90 Å². The van der Waals surface area contributed by atoms with E-state index in [1.54, 1.807) is 4.90 Å². The van der Waals surface area contributed by atoms with Crippen molar-refractivity contribution >= 4 is 46.3 Å². The Bertz CT molecular complexity index is 746. The van der Waals surface area contributed by atoms with Gasteiger partial charge in [0.25, 0.3) is 5.91 Å². The molecule has 1 heterocycles. The third-order valence-electron chi connectivity index (χ3n) is 4.80.